The monoisotopic (exact) mass is 367 g/mol. The molecular formula is C20H25N5O2. The van der Waals surface area contributed by atoms with Gasteiger partial charge in [-0.25, -0.2) is 0 Å². The molecule has 0 bridgehead atoms. The van der Waals surface area contributed by atoms with Crippen LogP contribution in [0.1, 0.15) is 60.5 Å². The number of amides is 2. The van der Waals surface area contributed by atoms with Gasteiger partial charge in [-0.2, -0.15) is 0 Å². The summed E-state index contributed by atoms with van der Waals surface area (Å²) < 4.78 is 2.14. The lowest BCUT2D eigenvalue weighted by Gasteiger charge is -2.26. The van der Waals surface area contributed by atoms with Crippen LogP contribution in [0.4, 0.5) is 5.69 Å². The fourth-order valence-electron chi connectivity index (χ4n) is 3.81. The van der Waals surface area contributed by atoms with Gasteiger partial charge in [-0.15, -0.1) is 10.2 Å². The summed E-state index contributed by atoms with van der Waals surface area (Å²) in [5, 5.41) is 11.4. The van der Waals surface area contributed by atoms with E-state index in [0.29, 0.717) is 18.5 Å². The second-order valence-electron chi connectivity index (χ2n) is 7.23. The number of hydrogen-bond acceptors (Lipinski definition) is 4. The van der Waals surface area contributed by atoms with Crippen molar-refractivity contribution in [1.82, 2.24) is 20.1 Å². The molecule has 2 amide bonds. The van der Waals surface area contributed by atoms with E-state index in [1.807, 2.05) is 12.1 Å². The number of fused-ring (bicyclic) bond motifs is 1. The van der Waals surface area contributed by atoms with E-state index in [9.17, 15) is 9.59 Å². The zero-order chi connectivity index (χ0) is 18.6. The van der Waals surface area contributed by atoms with E-state index >= 15 is 0 Å². The molecule has 142 valence electrons. The zero-order valence-electron chi connectivity index (χ0n) is 15.5. The largest absolute Gasteiger partial charge is 0.345 e. The zero-order valence-corrected chi connectivity index (χ0v) is 15.5. The Morgan fingerprint density at radius 2 is 1.74 bits per heavy atom. The molecule has 0 aliphatic carbocycles. The highest BCUT2D eigenvalue weighted by Crippen LogP contribution is 2.21. The molecule has 1 aromatic heterocycles. The predicted octanol–water partition coefficient (Wildman–Crippen LogP) is 2.45. The number of piperidine rings is 1. The van der Waals surface area contributed by atoms with Crippen molar-refractivity contribution in [2.24, 2.45) is 0 Å². The minimum atomic E-state index is -0.141. The summed E-state index contributed by atoms with van der Waals surface area (Å²) in [6.45, 7) is 2.05. The Balaban J connectivity index is 1.39. The van der Waals surface area contributed by atoms with Gasteiger partial charge in [0, 0.05) is 37.2 Å². The molecule has 0 saturated carbocycles. The molecular weight excluding hydrogens is 342 g/mol. The molecule has 2 aliphatic rings. The van der Waals surface area contributed by atoms with Gasteiger partial charge in [0.1, 0.15) is 5.82 Å². The third-order valence-electron chi connectivity index (χ3n) is 5.36. The summed E-state index contributed by atoms with van der Waals surface area (Å²) in [6.07, 6.45) is 7.03. The molecule has 2 aromatic rings. The van der Waals surface area contributed by atoms with Gasteiger partial charge < -0.3 is 14.8 Å². The van der Waals surface area contributed by atoms with E-state index < -0.39 is 0 Å². The SMILES string of the molecule is O=C(NCc1nnc2n1CCCCC2)c1ccc(N2CCCCC2=O)cc1. The molecule has 0 atom stereocenters. The average Bonchev–Trinajstić information content (AvgIpc) is 2.93. The van der Waals surface area contributed by atoms with E-state index in [4.69, 9.17) is 0 Å². The number of nitrogens with zero attached hydrogens (tertiary/aromatic N) is 4. The number of benzene rings is 1. The normalized spacial score (nSPS) is 17.3. The summed E-state index contributed by atoms with van der Waals surface area (Å²) in [5.74, 6) is 1.85. The Hall–Kier alpha value is -2.70. The van der Waals surface area contributed by atoms with Crippen molar-refractivity contribution in [3.05, 3.63) is 41.5 Å². The fourth-order valence-corrected chi connectivity index (χ4v) is 3.81. The van der Waals surface area contributed by atoms with E-state index in [0.717, 1.165) is 62.5 Å². The van der Waals surface area contributed by atoms with Gasteiger partial charge in [-0.1, -0.05) is 6.42 Å². The summed E-state index contributed by atoms with van der Waals surface area (Å²) in [4.78, 5) is 26.3. The van der Waals surface area contributed by atoms with Crippen molar-refractivity contribution in [3.8, 4) is 0 Å². The number of aryl methyl sites for hydroxylation is 1. The number of rotatable bonds is 4. The lowest BCUT2D eigenvalue weighted by molar-refractivity contribution is -0.119. The summed E-state index contributed by atoms with van der Waals surface area (Å²) in [6, 6.07) is 7.25. The van der Waals surface area contributed by atoms with E-state index in [-0.39, 0.29) is 11.8 Å². The van der Waals surface area contributed by atoms with Gasteiger partial charge in [-0.3, -0.25) is 9.59 Å². The number of carbonyl (C=O) groups is 2. The number of hydrogen-bond donors (Lipinski definition) is 1. The van der Waals surface area contributed by atoms with Crippen LogP contribution in [0, 0.1) is 0 Å². The molecule has 1 aromatic carbocycles. The Morgan fingerprint density at radius 3 is 2.56 bits per heavy atom. The lowest BCUT2D eigenvalue weighted by Crippen LogP contribution is -2.35. The maximum atomic E-state index is 12.5. The van der Waals surface area contributed by atoms with Crippen LogP contribution in [0.5, 0.6) is 0 Å². The van der Waals surface area contributed by atoms with Gasteiger partial charge in [0.05, 0.1) is 6.54 Å². The maximum absolute atomic E-state index is 12.5. The minimum Gasteiger partial charge on any atom is -0.345 e. The molecule has 3 heterocycles. The fraction of sp³-hybridized carbons (Fsp3) is 0.500. The Bertz CT molecular complexity index is 827. The molecule has 4 rings (SSSR count). The second kappa shape index (κ2) is 7.90. The van der Waals surface area contributed by atoms with Crippen LogP contribution in [0.25, 0.3) is 0 Å². The molecule has 2 aliphatic heterocycles. The first kappa shape index (κ1) is 17.7. The maximum Gasteiger partial charge on any atom is 0.251 e. The van der Waals surface area contributed by atoms with Crippen molar-refractivity contribution >= 4 is 17.5 Å². The topological polar surface area (TPSA) is 80.1 Å². The molecule has 0 unspecified atom stereocenters. The summed E-state index contributed by atoms with van der Waals surface area (Å²) in [7, 11) is 0. The van der Waals surface area contributed by atoms with Crippen LogP contribution in [0.3, 0.4) is 0 Å². The van der Waals surface area contributed by atoms with Crippen molar-refractivity contribution < 1.29 is 9.59 Å². The van der Waals surface area contributed by atoms with Gasteiger partial charge in [-0.05, 0) is 49.9 Å². The molecule has 1 fully saturated rings. The second-order valence-corrected chi connectivity index (χ2v) is 7.23. The standard InChI is InChI=1S/C20H25N5O2/c26-19-7-3-5-12-24(19)16-10-8-15(9-11-16)20(27)21-14-18-23-22-17-6-2-1-4-13-25(17)18/h8-11H,1-7,12-14H2,(H,21,27). The number of anilines is 1. The first-order chi connectivity index (χ1) is 13.2. The van der Waals surface area contributed by atoms with E-state index in [1.165, 1.54) is 6.42 Å². The van der Waals surface area contributed by atoms with Crippen LogP contribution in [0.2, 0.25) is 0 Å². The van der Waals surface area contributed by atoms with Crippen molar-refractivity contribution in [2.75, 3.05) is 11.4 Å². The van der Waals surface area contributed by atoms with Gasteiger partial charge in [0.25, 0.3) is 5.91 Å². The summed E-state index contributed by atoms with van der Waals surface area (Å²) in [5.41, 5.74) is 1.44. The van der Waals surface area contributed by atoms with Crippen LogP contribution in [0.15, 0.2) is 24.3 Å². The van der Waals surface area contributed by atoms with Crippen molar-refractivity contribution in [1.29, 1.82) is 0 Å². The quantitative estimate of drug-likeness (QED) is 0.900. The molecule has 1 N–H and O–H groups in total. The Labute approximate surface area is 158 Å². The predicted molar refractivity (Wildman–Crippen MR) is 101 cm³/mol. The molecule has 1 saturated heterocycles. The van der Waals surface area contributed by atoms with Crippen LogP contribution >= 0.6 is 0 Å². The summed E-state index contributed by atoms with van der Waals surface area (Å²) >= 11 is 0. The van der Waals surface area contributed by atoms with Crippen LogP contribution in [-0.4, -0.2) is 33.1 Å². The smallest absolute Gasteiger partial charge is 0.251 e. The third kappa shape index (κ3) is 3.86. The number of nitrogens with one attached hydrogen (secondary N) is 1. The van der Waals surface area contributed by atoms with Gasteiger partial charge in [0.2, 0.25) is 5.91 Å². The van der Waals surface area contributed by atoms with Crippen molar-refractivity contribution in [3.63, 3.8) is 0 Å². The Morgan fingerprint density at radius 1 is 0.963 bits per heavy atom. The molecule has 7 nitrogen and oxygen atoms in total. The molecule has 0 spiro atoms. The van der Waals surface area contributed by atoms with E-state index in [1.54, 1.807) is 17.0 Å². The highest BCUT2D eigenvalue weighted by Gasteiger charge is 2.20. The molecule has 0 radical (unpaired) electrons. The third-order valence-corrected chi connectivity index (χ3v) is 5.36. The lowest BCUT2D eigenvalue weighted by atomic mass is 10.1. The highest BCUT2D eigenvalue weighted by atomic mass is 16.2. The Kier molecular flexibility index (Phi) is 5.18. The van der Waals surface area contributed by atoms with Crippen LogP contribution in [-0.2, 0) is 24.3 Å². The van der Waals surface area contributed by atoms with Crippen LogP contribution < -0.4 is 10.2 Å². The average molecular weight is 367 g/mol. The highest BCUT2D eigenvalue weighted by molar-refractivity contribution is 5.96. The van der Waals surface area contributed by atoms with Gasteiger partial charge in [0.15, 0.2) is 5.82 Å². The first-order valence-corrected chi connectivity index (χ1v) is 9.82. The van der Waals surface area contributed by atoms with Gasteiger partial charge >= 0.3 is 0 Å². The van der Waals surface area contributed by atoms with Crippen molar-refractivity contribution in [2.45, 2.75) is 58.0 Å². The molecule has 27 heavy (non-hydrogen) atoms. The molecule has 7 heteroatoms. The minimum absolute atomic E-state index is 0.141. The number of aromatic nitrogens is 3. The first-order valence-electron chi connectivity index (χ1n) is 9.82. The number of carbonyl (C=O) groups excluding carboxylic acids is 2. The van der Waals surface area contributed by atoms with E-state index in [2.05, 4.69) is 20.1 Å².